The fourth-order valence-electron chi connectivity index (χ4n) is 3.85. The Balaban J connectivity index is 1.59. The third kappa shape index (κ3) is 6.06. The summed E-state index contributed by atoms with van der Waals surface area (Å²) in [4.78, 5) is 0.425. The van der Waals surface area contributed by atoms with E-state index < -0.39 is 10.0 Å². The molecule has 12 heteroatoms. The molecule has 5 aromatic rings. The van der Waals surface area contributed by atoms with Crippen LogP contribution in [0.25, 0.3) is 21.1 Å². The minimum absolute atomic E-state index is 0.0243. The zero-order valence-electron chi connectivity index (χ0n) is 20.9. The summed E-state index contributed by atoms with van der Waals surface area (Å²) >= 11 is 9.37. The topological polar surface area (TPSA) is 116 Å². The third-order valence-corrected chi connectivity index (χ3v) is 9.56. The summed E-state index contributed by atoms with van der Waals surface area (Å²) in [5, 5.41) is 14.4. The van der Waals surface area contributed by atoms with E-state index in [-0.39, 0.29) is 10.9 Å². The largest absolute Gasteiger partial charge is 0.367 e. The van der Waals surface area contributed by atoms with Crippen LogP contribution in [0.2, 0.25) is 5.02 Å². The Morgan fingerprint density at radius 3 is 2.33 bits per heavy atom. The van der Waals surface area contributed by atoms with E-state index in [1.165, 1.54) is 33.8 Å². The second-order valence-electron chi connectivity index (χ2n) is 8.59. The Hall–Kier alpha value is -3.51. The van der Waals surface area contributed by atoms with Crippen LogP contribution in [0, 0.1) is 13.8 Å². The van der Waals surface area contributed by atoms with Gasteiger partial charge in [-0.3, -0.25) is 0 Å². The van der Waals surface area contributed by atoms with Gasteiger partial charge in [0, 0.05) is 27.5 Å². The number of nitrogens with zero attached hydrogens (tertiary/aromatic N) is 5. The van der Waals surface area contributed by atoms with Crippen molar-refractivity contribution in [3.63, 3.8) is 0 Å². The summed E-state index contributed by atoms with van der Waals surface area (Å²) in [6.45, 7) is 3.57. The first-order chi connectivity index (χ1) is 18.7. The SMILES string of the molecule is Cc1cc(C)n(/C(N)=N/S(=O)(=O)c2cc(-c3nnc(-c4ccccc4)s3)c(Cl)cc2SCc2ccccc2)n1. The molecule has 0 radical (unpaired) electrons. The van der Waals surface area contributed by atoms with Crippen molar-refractivity contribution in [2.75, 3.05) is 0 Å². The van der Waals surface area contributed by atoms with Crippen molar-refractivity contribution in [2.45, 2.75) is 29.4 Å². The predicted octanol–water partition coefficient (Wildman–Crippen LogP) is 6.18. The summed E-state index contributed by atoms with van der Waals surface area (Å²) in [5.41, 5.74) is 9.86. The first kappa shape index (κ1) is 27.1. The maximum Gasteiger partial charge on any atom is 0.286 e. The Kier molecular flexibility index (Phi) is 7.85. The fourth-order valence-corrected chi connectivity index (χ4v) is 7.51. The smallest absolute Gasteiger partial charge is 0.286 e. The van der Waals surface area contributed by atoms with Crippen molar-refractivity contribution in [3.8, 4) is 21.1 Å². The van der Waals surface area contributed by atoms with E-state index in [1.54, 1.807) is 26.0 Å². The molecule has 2 N–H and O–H groups in total. The molecule has 0 unspecified atom stereocenters. The highest BCUT2D eigenvalue weighted by Gasteiger charge is 2.24. The lowest BCUT2D eigenvalue weighted by atomic mass is 10.2. The minimum atomic E-state index is -4.26. The normalized spacial score (nSPS) is 12.1. The second-order valence-corrected chi connectivity index (χ2v) is 12.6. The molecule has 3 aromatic carbocycles. The van der Waals surface area contributed by atoms with Gasteiger partial charge >= 0.3 is 0 Å². The van der Waals surface area contributed by atoms with Crippen molar-refractivity contribution in [1.29, 1.82) is 0 Å². The maximum atomic E-state index is 13.7. The lowest BCUT2D eigenvalue weighted by Gasteiger charge is -2.12. The number of aromatic nitrogens is 4. The van der Waals surface area contributed by atoms with Crippen LogP contribution in [0.3, 0.4) is 0 Å². The number of hydrogen-bond donors (Lipinski definition) is 1. The Bertz CT molecular complexity index is 1770. The number of rotatable bonds is 7. The summed E-state index contributed by atoms with van der Waals surface area (Å²) < 4.78 is 32.6. The monoisotopic (exact) mass is 594 g/mol. The van der Waals surface area contributed by atoms with Crippen LogP contribution in [0.5, 0.6) is 0 Å². The third-order valence-electron chi connectivity index (χ3n) is 5.66. The van der Waals surface area contributed by atoms with Gasteiger partial charge in [-0.05, 0) is 37.6 Å². The highest BCUT2D eigenvalue weighted by molar-refractivity contribution is 7.99. The van der Waals surface area contributed by atoms with Crippen molar-refractivity contribution < 1.29 is 8.42 Å². The molecule has 0 atom stereocenters. The molecule has 0 aliphatic heterocycles. The number of sulfonamides is 1. The zero-order valence-corrected chi connectivity index (χ0v) is 24.2. The van der Waals surface area contributed by atoms with Crippen molar-refractivity contribution in [3.05, 3.63) is 101 Å². The van der Waals surface area contributed by atoms with Crippen LogP contribution >= 0.6 is 34.7 Å². The lowest BCUT2D eigenvalue weighted by Crippen LogP contribution is -2.26. The predicted molar refractivity (Wildman–Crippen MR) is 158 cm³/mol. The highest BCUT2D eigenvalue weighted by atomic mass is 35.5. The van der Waals surface area contributed by atoms with Gasteiger partial charge in [-0.1, -0.05) is 83.6 Å². The van der Waals surface area contributed by atoms with Crippen LogP contribution in [-0.2, 0) is 15.8 Å². The van der Waals surface area contributed by atoms with E-state index in [2.05, 4.69) is 19.7 Å². The van der Waals surface area contributed by atoms with Gasteiger partial charge in [0.15, 0.2) is 0 Å². The van der Waals surface area contributed by atoms with Crippen molar-refractivity contribution in [1.82, 2.24) is 20.0 Å². The molecule has 8 nitrogen and oxygen atoms in total. The number of halogens is 1. The molecule has 0 amide bonds. The lowest BCUT2D eigenvalue weighted by molar-refractivity contribution is 0.595. The number of aryl methyl sites for hydroxylation is 2. The van der Waals surface area contributed by atoms with Crippen molar-refractivity contribution >= 4 is 50.7 Å². The van der Waals surface area contributed by atoms with Crippen LogP contribution in [0.15, 0.2) is 93.1 Å². The van der Waals surface area contributed by atoms with Gasteiger partial charge in [0.25, 0.3) is 10.0 Å². The Morgan fingerprint density at radius 2 is 1.67 bits per heavy atom. The molecule has 0 saturated carbocycles. The van der Waals surface area contributed by atoms with E-state index in [1.807, 2.05) is 60.7 Å². The fraction of sp³-hybridized carbons (Fsp3) is 0.111. The van der Waals surface area contributed by atoms with Gasteiger partial charge < -0.3 is 5.73 Å². The molecule has 5 rings (SSSR count). The second kappa shape index (κ2) is 11.3. The summed E-state index contributed by atoms with van der Waals surface area (Å²) in [6, 6.07) is 24.3. The van der Waals surface area contributed by atoms with Crippen molar-refractivity contribution in [2.24, 2.45) is 10.1 Å². The van der Waals surface area contributed by atoms with E-state index in [0.717, 1.165) is 11.1 Å². The Labute approximate surface area is 239 Å². The van der Waals surface area contributed by atoms with Crippen LogP contribution in [0.4, 0.5) is 0 Å². The van der Waals surface area contributed by atoms with E-state index in [4.69, 9.17) is 17.3 Å². The maximum absolute atomic E-state index is 13.7. The zero-order chi connectivity index (χ0) is 27.6. The van der Waals surface area contributed by atoms with Gasteiger partial charge in [-0.2, -0.15) is 13.5 Å². The number of hydrogen-bond acceptors (Lipinski definition) is 7. The summed E-state index contributed by atoms with van der Waals surface area (Å²) in [5.74, 6) is 0.283. The molecule has 2 heterocycles. The van der Waals surface area contributed by atoms with Crippen LogP contribution in [-0.4, -0.2) is 34.4 Å². The molecule has 0 aliphatic rings. The van der Waals surface area contributed by atoms with E-state index >= 15 is 0 Å². The van der Waals surface area contributed by atoms with Crippen LogP contribution in [0.1, 0.15) is 17.0 Å². The summed E-state index contributed by atoms with van der Waals surface area (Å²) in [6.07, 6.45) is 0. The first-order valence-corrected chi connectivity index (χ1v) is 15.4. The minimum Gasteiger partial charge on any atom is -0.367 e. The standard InChI is InChI=1S/C27H23ClN6O2S3/c1-17-13-18(2)34(32-17)27(29)33-39(35,36)24-14-21(26-31-30-25(38-26)20-11-7-4-8-12-20)22(28)15-23(24)37-16-19-9-5-3-6-10-19/h3-15H,16H2,1-2H3,(H2,29,33). The average Bonchev–Trinajstić information content (AvgIpc) is 3.54. The molecule has 0 saturated heterocycles. The van der Waals surface area contributed by atoms with Gasteiger partial charge in [0.2, 0.25) is 5.96 Å². The molecule has 39 heavy (non-hydrogen) atoms. The van der Waals surface area contributed by atoms with E-state index in [9.17, 15) is 8.42 Å². The summed E-state index contributed by atoms with van der Waals surface area (Å²) in [7, 11) is -4.26. The van der Waals surface area contributed by atoms with E-state index in [0.29, 0.717) is 42.6 Å². The Morgan fingerprint density at radius 1 is 1.00 bits per heavy atom. The molecule has 0 spiro atoms. The first-order valence-electron chi connectivity index (χ1n) is 11.7. The molecule has 0 fully saturated rings. The molecule has 2 aromatic heterocycles. The highest BCUT2D eigenvalue weighted by Crippen LogP contribution is 2.40. The molecular weight excluding hydrogens is 572 g/mol. The van der Waals surface area contributed by atoms with Gasteiger partial charge in [-0.15, -0.1) is 26.4 Å². The molecule has 0 bridgehead atoms. The molecule has 0 aliphatic carbocycles. The van der Waals surface area contributed by atoms with Gasteiger partial charge in [-0.25, -0.2) is 4.68 Å². The van der Waals surface area contributed by atoms with Crippen LogP contribution < -0.4 is 5.73 Å². The number of nitrogens with two attached hydrogens (primary N) is 1. The van der Waals surface area contributed by atoms with Gasteiger partial charge in [0.05, 0.1) is 10.7 Å². The molecule has 198 valence electrons. The van der Waals surface area contributed by atoms with Gasteiger partial charge in [0.1, 0.15) is 14.9 Å². The quantitative estimate of drug-likeness (QED) is 0.136. The molecular formula is C27H23ClN6O2S3. The average molecular weight is 595 g/mol. The number of benzene rings is 3. The number of thioether (sulfide) groups is 1.